The molecule has 0 saturated heterocycles. The van der Waals surface area contributed by atoms with E-state index in [9.17, 15) is 14.4 Å². The number of amides is 3. The van der Waals surface area contributed by atoms with E-state index in [0.717, 1.165) is 44.2 Å². The summed E-state index contributed by atoms with van der Waals surface area (Å²) in [5.41, 5.74) is 1.70. The second kappa shape index (κ2) is 16.6. The Labute approximate surface area is 245 Å². The third-order valence-electron chi connectivity index (χ3n) is 7.03. The third kappa shape index (κ3) is 10.7. The smallest absolute Gasteiger partial charge is 0.255 e. The zero-order valence-corrected chi connectivity index (χ0v) is 25.2. The predicted molar refractivity (Wildman–Crippen MR) is 162 cm³/mol. The first-order valence-corrected chi connectivity index (χ1v) is 15.0. The molecule has 1 aromatic carbocycles. The van der Waals surface area contributed by atoms with Crippen LogP contribution < -0.4 is 20.3 Å². The van der Waals surface area contributed by atoms with E-state index in [0.29, 0.717) is 55.1 Å². The maximum atomic E-state index is 13.7. The minimum absolute atomic E-state index is 0.00489. The second-order valence-corrected chi connectivity index (χ2v) is 11.5. The molecule has 1 aliphatic rings. The van der Waals surface area contributed by atoms with Gasteiger partial charge in [-0.05, 0) is 55.7 Å². The predicted octanol–water partition coefficient (Wildman–Crippen LogP) is 4.94. The van der Waals surface area contributed by atoms with Crippen molar-refractivity contribution in [3.8, 4) is 5.75 Å². The maximum absolute atomic E-state index is 13.7. The summed E-state index contributed by atoms with van der Waals surface area (Å²) < 4.78 is 6.18. The van der Waals surface area contributed by atoms with Crippen molar-refractivity contribution in [3.05, 3.63) is 48.3 Å². The summed E-state index contributed by atoms with van der Waals surface area (Å²) in [6.07, 6.45) is 8.47. The van der Waals surface area contributed by atoms with Gasteiger partial charge in [0.15, 0.2) is 0 Å². The summed E-state index contributed by atoms with van der Waals surface area (Å²) in [5.74, 6) is 1.10. The Hall–Kier alpha value is -3.62. The van der Waals surface area contributed by atoms with Gasteiger partial charge >= 0.3 is 0 Å². The van der Waals surface area contributed by atoms with Gasteiger partial charge in [0.25, 0.3) is 5.91 Å². The highest BCUT2D eigenvalue weighted by atomic mass is 16.5. The Morgan fingerprint density at radius 1 is 0.902 bits per heavy atom. The van der Waals surface area contributed by atoms with Crippen molar-refractivity contribution < 1.29 is 19.1 Å². The number of fused-ring (bicyclic) bond motifs is 3. The molecule has 41 heavy (non-hydrogen) atoms. The zero-order chi connectivity index (χ0) is 29.6. The van der Waals surface area contributed by atoms with Gasteiger partial charge in [-0.2, -0.15) is 0 Å². The van der Waals surface area contributed by atoms with Gasteiger partial charge in [-0.3, -0.25) is 19.4 Å². The Bertz CT molecular complexity index is 1140. The molecule has 2 bridgehead atoms. The van der Waals surface area contributed by atoms with E-state index < -0.39 is 0 Å². The van der Waals surface area contributed by atoms with Crippen LogP contribution in [0, 0.1) is 11.8 Å². The Morgan fingerprint density at radius 2 is 1.56 bits per heavy atom. The monoisotopic (exact) mass is 565 g/mol. The summed E-state index contributed by atoms with van der Waals surface area (Å²) in [6, 6.07) is 9.38. The van der Waals surface area contributed by atoms with E-state index in [-0.39, 0.29) is 30.8 Å². The molecule has 2 N–H and O–H groups in total. The van der Waals surface area contributed by atoms with Crippen LogP contribution in [0.25, 0.3) is 0 Å². The third-order valence-corrected chi connectivity index (χ3v) is 7.03. The highest BCUT2D eigenvalue weighted by molar-refractivity contribution is 5.97. The molecule has 0 atom stereocenters. The number of nitrogens with zero attached hydrogens (tertiary/aromatic N) is 3. The van der Waals surface area contributed by atoms with Crippen LogP contribution in [0.3, 0.4) is 0 Å². The van der Waals surface area contributed by atoms with E-state index in [4.69, 9.17) is 4.74 Å². The van der Waals surface area contributed by atoms with E-state index in [1.807, 2.05) is 29.2 Å². The van der Waals surface area contributed by atoms with Crippen molar-refractivity contribution in [2.75, 3.05) is 44.2 Å². The van der Waals surface area contributed by atoms with Gasteiger partial charge in [-0.1, -0.05) is 52.7 Å². The molecule has 2 heterocycles. The highest BCUT2D eigenvalue weighted by Crippen LogP contribution is 2.34. The number of carbonyl (C=O) groups is 3. The molecule has 2 aromatic rings. The molecule has 1 aliphatic heterocycles. The number of rotatable bonds is 10. The molecular formula is C32H47N5O4. The molecule has 9 nitrogen and oxygen atoms in total. The number of ether oxygens (including phenoxy) is 1. The molecule has 0 spiro atoms. The lowest BCUT2D eigenvalue weighted by atomic mass is 10.1. The standard InChI is InChI=1S/C32H47N5O4/c1-24(2)13-15-34-30(38)22-36-17-9-5-6-10-18-41-29-12-8-7-11-28(29)37(23-31(39)35-16-14-25(3)4)27-19-26(32(36)40)20-33-21-27/h7-8,11-12,19-21,24-25H,5-6,9-10,13-18,22-23H2,1-4H3,(H,34,38)(H,35,39). The van der Waals surface area contributed by atoms with E-state index in [1.54, 1.807) is 17.2 Å². The normalized spacial score (nSPS) is 14.6. The number of benzene rings is 1. The number of anilines is 2. The average molecular weight is 566 g/mol. The minimum atomic E-state index is -0.251. The Morgan fingerprint density at radius 3 is 2.27 bits per heavy atom. The molecule has 3 rings (SSSR count). The van der Waals surface area contributed by atoms with E-state index in [2.05, 4.69) is 43.3 Å². The zero-order valence-electron chi connectivity index (χ0n) is 25.2. The van der Waals surface area contributed by atoms with E-state index >= 15 is 0 Å². The number of pyridine rings is 1. The number of aromatic nitrogens is 1. The molecule has 1 aromatic heterocycles. The minimum Gasteiger partial charge on any atom is -0.491 e. The maximum Gasteiger partial charge on any atom is 0.255 e. The van der Waals surface area contributed by atoms with Crippen molar-refractivity contribution in [2.45, 2.75) is 66.2 Å². The number of carbonyl (C=O) groups excluding carboxylic acids is 3. The largest absolute Gasteiger partial charge is 0.491 e. The SMILES string of the molecule is CC(C)CCNC(=O)CN1CCCCCCOc2ccccc2N(CC(=O)NCCC(C)C)c2cncc(c2)C1=O. The fourth-order valence-corrected chi connectivity index (χ4v) is 4.61. The topological polar surface area (TPSA) is 104 Å². The number of nitrogens with one attached hydrogen (secondary N) is 2. The van der Waals surface area contributed by atoms with Crippen LogP contribution in [-0.4, -0.2) is 66.9 Å². The van der Waals surface area contributed by atoms with Crippen molar-refractivity contribution in [1.29, 1.82) is 0 Å². The molecule has 0 fully saturated rings. The van der Waals surface area contributed by atoms with Crippen LogP contribution in [0.2, 0.25) is 0 Å². The second-order valence-electron chi connectivity index (χ2n) is 11.5. The van der Waals surface area contributed by atoms with Gasteiger partial charge in [0, 0.05) is 25.8 Å². The van der Waals surface area contributed by atoms with Crippen LogP contribution >= 0.6 is 0 Å². The number of hydrogen-bond acceptors (Lipinski definition) is 6. The molecule has 0 unspecified atom stereocenters. The van der Waals surface area contributed by atoms with E-state index in [1.165, 1.54) is 6.20 Å². The van der Waals surface area contributed by atoms with Crippen LogP contribution in [0.5, 0.6) is 5.75 Å². The number of hydrogen-bond donors (Lipinski definition) is 2. The molecule has 0 radical (unpaired) electrons. The van der Waals surface area contributed by atoms with Gasteiger partial charge in [0.05, 0.1) is 36.3 Å². The van der Waals surface area contributed by atoms with Crippen molar-refractivity contribution >= 4 is 29.1 Å². The lowest BCUT2D eigenvalue weighted by Gasteiger charge is -2.27. The molecule has 3 amide bonds. The van der Waals surface area contributed by atoms with Crippen LogP contribution in [0.15, 0.2) is 42.7 Å². The average Bonchev–Trinajstić information content (AvgIpc) is 2.94. The quantitative estimate of drug-likeness (QED) is 0.423. The molecule has 0 saturated carbocycles. The highest BCUT2D eigenvalue weighted by Gasteiger charge is 2.23. The van der Waals surface area contributed by atoms with Crippen LogP contribution in [-0.2, 0) is 9.59 Å². The summed E-state index contributed by atoms with van der Waals surface area (Å²) in [7, 11) is 0. The van der Waals surface area contributed by atoms with Gasteiger partial charge in [0.1, 0.15) is 12.3 Å². The lowest BCUT2D eigenvalue weighted by molar-refractivity contribution is -0.122. The summed E-state index contributed by atoms with van der Waals surface area (Å²) in [4.78, 5) is 47.3. The summed E-state index contributed by atoms with van der Waals surface area (Å²) >= 11 is 0. The summed E-state index contributed by atoms with van der Waals surface area (Å²) in [5, 5.41) is 5.96. The molecular weight excluding hydrogens is 518 g/mol. The fraction of sp³-hybridized carbons (Fsp3) is 0.562. The fourth-order valence-electron chi connectivity index (χ4n) is 4.61. The van der Waals surface area contributed by atoms with Gasteiger partial charge in [-0.15, -0.1) is 0 Å². The first-order chi connectivity index (χ1) is 19.7. The van der Waals surface area contributed by atoms with Crippen LogP contribution in [0.1, 0.15) is 76.6 Å². The molecule has 9 heteroatoms. The van der Waals surface area contributed by atoms with Crippen molar-refractivity contribution in [3.63, 3.8) is 0 Å². The summed E-state index contributed by atoms with van der Waals surface area (Å²) in [6.45, 7) is 10.7. The van der Waals surface area contributed by atoms with Crippen molar-refractivity contribution in [2.24, 2.45) is 11.8 Å². The van der Waals surface area contributed by atoms with Crippen molar-refractivity contribution in [1.82, 2.24) is 20.5 Å². The number of para-hydroxylation sites is 2. The Kier molecular flexibility index (Phi) is 12.9. The molecule has 224 valence electrons. The van der Waals surface area contributed by atoms with Gasteiger partial charge < -0.3 is 25.2 Å². The molecule has 0 aliphatic carbocycles. The first-order valence-electron chi connectivity index (χ1n) is 15.0. The van der Waals surface area contributed by atoms with Gasteiger partial charge in [-0.25, -0.2) is 0 Å². The van der Waals surface area contributed by atoms with Gasteiger partial charge in [0.2, 0.25) is 11.8 Å². The van der Waals surface area contributed by atoms with Crippen LogP contribution in [0.4, 0.5) is 11.4 Å². The lowest BCUT2D eigenvalue weighted by Crippen LogP contribution is -2.41. The Balaban J connectivity index is 1.91. The first kappa shape index (κ1) is 31.9.